The Kier molecular flexibility index (Phi) is 7.81. The van der Waals surface area contributed by atoms with Crippen molar-refractivity contribution in [2.75, 3.05) is 26.1 Å². The fraction of sp³-hybridized carbons (Fsp3) is 0.261. The van der Waals surface area contributed by atoms with Gasteiger partial charge in [-0.2, -0.15) is 13.2 Å². The van der Waals surface area contributed by atoms with Crippen molar-refractivity contribution in [3.8, 4) is 35.2 Å². The second-order valence-corrected chi connectivity index (χ2v) is 6.03. The smallest absolute Gasteiger partial charge is 0.434 e. The first-order valence-corrected chi connectivity index (χ1v) is 9.09. The monoisotopic (exact) mass is 431 g/mol. The summed E-state index contributed by atoms with van der Waals surface area (Å²) in [6, 6.07) is 12.5. The van der Waals surface area contributed by atoms with Crippen LogP contribution >= 0.6 is 0 Å². The van der Waals surface area contributed by atoms with Gasteiger partial charge in [0.1, 0.15) is 11.5 Å². The van der Waals surface area contributed by atoms with E-state index >= 15 is 0 Å². The molecule has 0 saturated carbocycles. The van der Waals surface area contributed by atoms with Crippen LogP contribution in [-0.2, 0) is 9.53 Å². The van der Waals surface area contributed by atoms with E-state index in [1.165, 1.54) is 39.3 Å². The molecule has 2 aromatic rings. The van der Waals surface area contributed by atoms with E-state index in [-0.39, 0.29) is 18.0 Å². The molecule has 0 fully saturated rings. The summed E-state index contributed by atoms with van der Waals surface area (Å²) in [6.45, 7) is 1.14. The Morgan fingerprint density at radius 2 is 1.77 bits per heavy atom. The van der Waals surface area contributed by atoms with Crippen molar-refractivity contribution in [1.29, 1.82) is 0 Å². The maximum absolute atomic E-state index is 14.1. The van der Waals surface area contributed by atoms with E-state index in [2.05, 4.69) is 23.1 Å². The molecule has 0 bridgehead atoms. The van der Waals surface area contributed by atoms with Crippen LogP contribution in [0.3, 0.4) is 0 Å². The Morgan fingerprint density at radius 1 is 1.03 bits per heavy atom. The highest BCUT2D eigenvalue weighted by Crippen LogP contribution is 2.37. The van der Waals surface area contributed by atoms with E-state index in [0.29, 0.717) is 11.3 Å². The number of alkyl halides is 3. The van der Waals surface area contributed by atoms with Crippen LogP contribution in [0.15, 0.2) is 48.5 Å². The number of benzene rings is 2. The molecule has 31 heavy (non-hydrogen) atoms. The second-order valence-electron chi connectivity index (χ2n) is 6.03. The molecule has 2 aromatic carbocycles. The summed E-state index contributed by atoms with van der Waals surface area (Å²) in [6.07, 6.45) is -5.12. The first-order chi connectivity index (χ1) is 14.8. The van der Waals surface area contributed by atoms with Crippen LogP contribution in [0.1, 0.15) is 12.5 Å². The van der Waals surface area contributed by atoms with Gasteiger partial charge in [-0.25, -0.2) is 4.79 Å². The molecule has 0 amide bonds. The van der Waals surface area contributed by atoms with Crippen molar-refractivity contribution in [2.24, 2.45) is 0 Å². The van der Waals surface area contributed by atoms with E-state index in [1.807, 2.05) is 5.92 Å². The number of esters is 1. The molecule has 1 N–H and O–H groups in total. The average Bonchev–Trinajstić information content (AvgIpc) is 2.75. The highest BCUT2D eigenvalue weighted by atomic mass is 19.4. The Bertz CT molecular complexity index is 1040. The second kappa shape index (κ2) is 10.3. The number of halogens is 3. The summed E-state index contributed by atoms with van der Waals surface area (Å²) < 4.78 is 57.3. The average molecular weight is 431 g/mol. The topological polar surface area (TPSA) is 56.8 Å². The van der Waals surface area contributed by atoms with Crippen molar-refractivity contribution < 1.29 is 32.2 Å². The molecule has 0 aliphatic heterocycles. The van der Waals surface area contributed by atoms with Gasteiger partial charge in [-0.05, 0) is 55.0 Å². The maximum atomic E-state index is 14.1. The molecule has 1 atom stereocenters. The molecule has 8 heteroatoms. The number of carbonyl (C=O) groups excluding carboxylic acids is 1. The summed E-state index contributed by atoms with van der Waals surface area (Å²) in [5, 5.41) is 2.17. The molecule has 2 rings (SSSR count). The van der Waals surface area contributed by atoms with Crippen LogP contribution in [0.5, 0.6) is 11.5 Å². The predicted octanol–water partition coefficient (Wildman–Crippen LogP) is 4.04. The van der Waals surface area contributed by atoms with Crippen LogP contribution in [-0.4, -0.2) is 38.5 Å². The van der Waals surface area contributed by atoms with Gasteiger partial charge in [0.25, 0.3) is 5.54 Å². The summed E-state index contributed by atoms with van der Waals surface area (Å²) >= 11 is 0. The van der Waals surface area contributed by atoms with Gasteiger partial charge in [0, 0.05) is 5.56 Å². The van der Waals surface area contributed by atoms with Crippen LogP contribution in [0.25, 0.3) is 0 Å². The molecule has 0 saturated heterocycles. The van der Waals surface area contributed by atoms with Crippen molar-refractivity contribution in [1.82, 2.24) is 0 Å². The van der Waals surface area contributed by atoms with Gasteiger partial charge in [0.15, 0.2) is 0 Å². The number of methoxy groups -OCH3 is 2. The van der Waals surface area contributed by atoms with Crippen molar-refractivity contribution in [3.63, 3.8) is 0 Å². The zero-order valence-corrected chi connectivity index (χ0v) is 17.1. The number of carbonyl (C=O) groups is 1. The van der Waals surface area contributed by atoms with Crippen LogP contribution in [0.2, 0.25) is 0 Å². The fourth-order valence-corrected chi connectivity index (χ4v) is 2.51. The number of para-hydroxylation sites is 2. The lowest BCUT2D eigenvalue weighted by molar-refractivity contribution is -0.188. The Hall–Kier alpha value is -3.78. The van der Waals surface area contributed by atoms with Crippen LogP contribution in [0, 0.1) is 23.7 Å². The van der Waals surface area contributed by atoms with E-state index in [4.69, 9.17) is 14.2 Å². The first kappa shape index (κ1) is 23.5. The van der Waals surface area contributed by atoms with Gasteiger partial charge in [-0.1, -0.05) is 24.1 Å². The summed E-state index contributed by atoms with van der Waals surface area (Å²) in [4.78, 5) is 12.5. The lowest BCUT2D eigenvalue weighted by Crippen LogP contribution is -2.58. The van der Waals surface area contributed by atoms with E-state index < -0.39 is 17.7 Å². The molecule has 1 unspecified atom stereocenters. The molecular formula is C23H20F3NO4. The molecule has 0 aromatic heterocycles. The molecule has 0 radical (unpaired) electrons. The van der Waals surface area contributed by atoms with Crippen molar-refractivity contribution >= 4 is 11.7 Å². The Morgan fingerprint density at radius 3 is 2.42 bits per heavy atom. The SMILES string of the molecule is CCOC(=O)C(C#CC#Cc1cccc(OC)c1)(Nc1ccccc1OC)C(F)(F)F. The largest absolute Gasteiger partial charge is 0.497 e. The molecule has 162 valence electrons. The molecule has 5 nitrogen and oxygen atoms in total. The lowest BCUT2D eigenvalue weighted by Gasteiger charge is -2.30. The van der Waals surface area contributed by atoms with Crippen LogP contribution in [0.4, 0.5) is 18.9 Å². The summed E-state index contributed by atoms with van der Waals surface area (Å²) in [5.74, 6) is 8.09. The van der Waals surface area contributed by atoms with Gasteiger partial charge in [0.05, 0.1) is 26.5 Å². The number of ether oxygens (including phenoxy) is 3. The van der Waals surface area contributed by atoms with E-state index in [0.717, 1.165) is 0 Å². The number of hydrogen-bond donors (Lipinski definition) is 1. The molecule has 0 spiro atoms. The zero-order chi connectivity index (χ0) is 22.9. The van der Waals surface area contributed by atoms with Crippen LogP contribution < -0.4 is 14.8 Å². The van der Waals surface area contributed by atoms with E-state index in [9.17, 15) is 18.0 Å². The third kappa shape index (κ3) is 5.64. The van der Waals surface area contributed by atoms with Gasteiger partial charge in [-0.15, -0.1) is 0 Å². The fourth-order valence-electron chi connectivity index (χ4n) is 2.51. The first-order valence-electron chi connectivity index (χ1n) is 9.09. The minimum atomic E-state index is -5.12. The maximum Gasteiger partial charge on any atom is 0.434 e. The minimum absolute atomic E-state index is 0.0783. The van der Waals surface area contributed by atoms with Gasteiger partial charge in [0.2, 0.25) is 0 Å². The third-order valence-electron chi connectivity index (χ3n) is 4.03. The molecule has 0 heterocycles. The minimum Gasteiger partial charge on any atom is -0.497 e. The normalized spacial score (nSPS) is 12.2. The highest BCUT2D eigenvalue weighted by molar-refractivity contribution is 5.91. The van der Waals surface area contributed by atoms with Crippen molar-refractivity contribution in [3.05, 3.63) is 54.1 Å². The number of nitrogens with one attached hydrogen (secondary N) is 1. The van der Waals surface area contributed by atoms with Gasteiger partial charge < -0.3 is 19.5 Å². The van der Waals surface area contributed by atoms with Gasteiger partial charge in [-0.3, -0.25) is 0 Å². The Balaban J connectivity index is 2.53. The standard InChI is InChI=1S/C23H20F3NO4/c1-4-31-21(28)22(23(24,25)26,27-19-13-5-6-14-20(19)30-3)15-8-7-10-17-11-9-12-18(16-17)29-2/h5-6,9,11-14,16,27H,4H2,1-3H3. The molecule has 0 aliphatic carbocycles. The van der Waals surface area contributed by atoms with Gasteiger partial charge >= 0.3 is 12.1 Å². The molecule has 0 aliphatic rings. The summed E-state index contributed by atoms with van der Waals surface area (Å²) in [7, 11) is 2.78. The van der Waals surface area contributed by atoms with Crippen molar-refractivity contribution in [2.45, 2.75) is 18.6 Å². The highest BCUT2D eigenvalue weighted by Gasteiger charge is 2.62. The quantitative estimate of drug-likeness (QED) is 0.553. The van der Waals surface area contributed by atoms with E-state index in [1.54, 1.807) is 30.3 Å². The number of rotatable bonds is 6. The number of hydrogen-bond acceptors (Lipinski definition) is 5. The lowest BCUT2D eigenvalue weighted by atomic mass is 9.98. The summed E-state index contributed by atoms with van der Waals surface area (Å²) in [5.41, 5.74) is -2.94. The Labute approximate surface area is 178 Å². The molecular weight excluding hydrogens is 411 g/mol. The zero-order valence-electron chi connectivity index (χ0n) is 17.1. The predicted molar refractivity (Wildman–Crippen MR) is 110 cm³/mol. The third-order valence-corrected chi connectivity index (χ3v) is 4.03. The number of anilines is 1.